The highest BCUT2D eigenvalue weighted by Gasteiger charge is 2.17. The zero-order chi connectivity index (χ0) is 15.6. The normalized spacial score (nSPS) is 10.2. The van der Waals surface area contributed by atoms with Crippen molar-refractivity contribution in [2.45, 2.75) is 0 Å². The lowest BCUT2D eigenvalue weighted by molar-refractivity contribution is -0.384. The average molecular weight is 421 g/mol. The summed E-state index contributed by atoms with van der Waals surface area (Å²) in [5.41, 5.74) is -0.389. The molecule has 8 heteroatoms. The number of nitrogens with one attached hydrogen (secondary N) is 1. The highest BCUT2D eigenvalue weighted by molar-refractivity contribution is 14.1. The number of non-ortho nitro benzene ring substituents is 1. The molecule has 2 aromatic carbocycles. The maximum absolute atomic E-state index is 13.7. The Morgan fingerprint density at radius 1 is 1.29 bits per heavy atom. The van der Waals surface area contributed by atoms with Crippen molar-refractivity contribution in [1.82, 2.24) is 0 Å². The standard InChI is InChI=1S/C13H7ClFIN2O3/c14-10-3-2-8(18(20)21)6-9(10)13(19)17-12-4-1-7(16)5-11(12)15/h1-6H,(H,17,19). The van der Waals surface area contributed by atoms with Gasteiger partial charge in [-0.2, -0.15) is 0 Å². The van der Waals surface area contributed by atoms with Gasteiger partial charge >= 0.3 is 0 Å². The molecule has 0 fully saturated rings. The lowest BCUT2D eigenvalue weighted by Gasteiger charge is -2.08. The maximum atomic E-state index is 13.7. The maximum Gasteiger partial charge on any atom is 0.270 e. The second kappa shape index (κ2) is 6.35. The van der Waals surface area contributed by atoms with Crippen LogP contribution in [0.4, 0.5) is 15.8 Å². The number of halogens is 3. The minimum Gasteiger partial charge on any atom is -0.319 e. The van der Waals surface area contributed by atoms with E-state index < -0.39 is 16.6 Å². The van der Waals surface area contributed by atoms with Gasteiger partial charge in [-0.3, -0.25) is 14.9 Å². The number of carbonyl (C=O) groups excluding carboxylic acids is 1. The van der Waals surface area contributed by atoms with Crippen molar-refractivity contribution in [3.63, 3.8) is 0 Å². The second-order valence-corrected chi connectivity index (χ2v) is 5.65. The summed E-state index contributed by atoms with van der Waals surface area (Å²) in [6.45, 7) is 0. The van der Waals surface area contributed by atoms with Crippen LogP contribution in [0.2, 0.25) is 5.02 Å². The molecule has 0 heterocycles. The van der Waals surface area contributed by atoms with E-state index >= 15 is 0 Å². The molecular formula is C13H7ClFIN2O3. The smallest absolute Gasteiger partial charge is 0.270 e. The number of hydrogen-bond acceptors (Lipinski definition) is 3. The molecule has 0 saturated carbocycles. The number of nitro benzene ring substituents is 1. The van der Waals surface area contributed by atoms with Crippen molar-refractivity contribution in [1.29, 1.82) is 0 Å². The van der Waals surface area contributed by atoms with Crippen molar-refractivity contribution in [2.75, 3.05) is 5.32 Å². The van der Waals surface area contributed by atoms with Crippen LogP contribution < -0.4 is 5.32 Å². The first kappa shape index (κ1) is 15.6. The molecule has 5 nitrogen and oxygen atoms in total. The van der Waals surface area contributed by atoms with Crippen LogP contribution in [0.5, 0.6) is 0 Å². The van der Waals surface area contributed by atoms with Crippen molar-refractivity contribution in [3.8, 4) is 0 Å². The fourth-order valence-electron chi connectivity index (χ4n) is 1.58. The summed E-state index contributed by atoms with van der Waals surface area (Å²) in [5.74, 6) is -1.32. The van der Waals surface area contributed by atoms with Crippen LogP contribution in [-0.2, 0) is 0 Å². The van der Waals surface area contributed by atoms with Crippen molar-refractivity contribution >= 4 is 51.5 Å². The van der Waals surface area contributed by atoms with E-state index in [9.17, 15) is 19.3 Å². The Morgan fingerprint density at radius 2 is 2.00 bits per heavy atom. The Balaban J connectivity index is 2.32. The molecule has 0 atom stereocenters. The van der Waals surface area contributed by atoms with Gasteiger partial charge in [-0.25, -0.2) is 4.39 Å². The summed E-state index contributed by atoms with van der Waals surface area (Å²) in [5, 5.41) is 13.1. The molecule has 1 amide bonds. The summed E-state index contributed by atoms with van der Waals surface area (Å²) in [4.78, 5) is 22.1. The van der Waals surface area contributed by atoms with E-state index in [-0.39, 0.29) is 22.0 Å². The first-order valence-corrected chi connectivity index (χ1v) is 7.04. The molecule has 2 aromatic rings. The molecule has 0 saturated heterocycles. The van der Waals surface area contributed by atoms with Crippen molar-refractivity contribution in [2.24, 2.45) is 0 Å². The van der Waals surface area contributed by atoms with Crippen molar-refractivity contribution in [3.05, 3.63) is 66.5 Å². The Kier molecular flexibility index (Phi) is 4.73. The van der Waals surface area contributed by atoms with Gasteiger partial charge in [-0.15, -0.1) is 0 Å². The van der Waals surface area contributed by atoms with E-state index in [2.05, 4.69) is 5.32 Å². The van der Waals surface area contributed by atoms with Gasteiger partial charge in [0.1, 0.15) is 5.82 Å². The zero-order valence-electron chi connectivity index (χ0n) is 10.3. The third kappa shape index (κ3) is 3.67. The molecule has 0 bridgehead atoms. The zero-order valence-corrected chi connectivity index (χ0v) is 13.2. The van der Waals surface area contributed by atoms with Gasteiger partial charge in [0.05, 0.1) is 21.2 Å². The number of anilines is 1. The number of nitrogens with zero attached hydrogens (tertiary/aromatic N) is 1. The molecule has 0 spiro atoms. The minimum atomic E-state index is -0.719. The molecule has 0 aliphatic heterocycles. The number of carbonyl (C=O) groups is 1. The van der Waals surface area contributed by atoms with Crippen LogP contribution >= 0.6 is 34.2 Å². The van der Waals surface area contributed by atoms with Crippen LogP contribution in [0, 0.1) is 19.5 Å². The first-order chi connectivity index (χ1) is 9.88. The minimum absolute atomic E-state index is 0.0250. The molecule has 108 valence electrons. The van der Waals surface area contributed by atoms with E-state index in [0.29, 0.717) is 3.57 Å². The number of rotatable bonds is 3. The van der Waals surface area contributed by atoms with Gasteiger partial charge in [-0.1, -0.05) is 11.6 Å². The third-order valence-corrected chi connectivity index (χ3v) is 3.59. The van der Waals surface area contributed by atoms with Gasteiger partial charge in [-0.05, 0) is 46.9 Å². The Hall–Kier alpha value is -1.74. The fourth-order valence-corrected chi connectivity index (χ4v) is 2.24. The molecule has 1 N–H and O–H groups in total. The van der Waals surface area contributed by atoms with Crippen LogP contribution in [0.3, 0.4) is 0 Å². The summed E-state index contributed by atoms with van der Waals surface area (Å²) in [6.07, 6.45) is 0. The number of nitro groups is 1. The van der Waals surface area contributed by atoms with E-state index in [4.69, 9.17) is 11.6 Å². The van der Waals surface area contributed by atoms with Gasteiger partial charge < -0.3 is 5.32 Å². The average Bonchev–Trinajstić information content (AvgIpc) is 2.42. The molecule has 0 radical (unpaired) electrons. The quantitative estimate of drug-likeness (QED) is 0.458. The highest BCUT2D eigenvalue weighted by Crippen LogP contribution is 2.24. The predicted molar refractivity (Wildman–Crippen MR) is 85.2 cm³/mol. The van der Waals surface area contributed by atoms with Crippen LogP contribution in [0.1, 0.15) is 10.4 Å². The highest BCUT2D eigenvalue weighted by atomic mass is 127. The Morgan fingerprint density at radius 3 is 2.62 bits per heavy atom. The molecule has 0 unspecified atom stereocenters. The molecule has 0 aromatic heterocycles. The van der Waals surface area contributed by atoms with Crippen LogP contribution in [-0.4, -0.2) is 10.8 Å². The van der Waals surface area contributed by atoms with Gasteiger partial charge in [0.25, 0.3) is 11.6 Å². The van der Waals surface area contributed by atoms with Crippen LogP contribution in [0.15, 0.2) is 36.4 Å². The SMILES string of the molecule is O=C(Nc1ccc(I)cc1F)c1cc([N+](=O)[O-])ccc1Cl. The van der Waals surface area contributed by atoms with Gasteiger partial charge in [0.15, 0.2) is 0 Å². The summed E-state index contributed by atoms with van der Waals surface area (Å²) in [7, 11) is 0. The number of benzene rings is 2. The third-order valence-electron chi connectivity index (χ3n) is 2.58. The van der Waals surface area contributed by atoms with E-state index in [1.807, 2.05) is 22.6 Å². The van der Waals surface area contributed by atoms with E-state index in [0.717, 1.165) is 6.07 Å². The molecule has 0 aliphatic rings. The molecule has 21 heavy (non-hydrogen) atoms. The summed E-state index contributed by atoms with van der Waals surface area (Å²) >= 11 is 7.78. The Labute approximate surface area is 137 Å². The topological polar surface area (TPSA) is 72.2 Å². The monoisotopic (exact) mass is 420 g/mol. The largest absolute Gasteiger partial charge is 0.319 e. The predicted octanol–water partition coefficient (Wildman–Crippen LogP) is 4.24. The van der Waals surface area contributed by atoms with Crippen molar-refractivity contribution < 1.29 is 14.1 Å². The Bertz CT molecular complexity index is 739. The second-order valence-electron chi connectivity index (χ2n) is 4.00. The lowest BCUT2D eigenvalue weighted by Crippen LogP contribution is -2.14. The fraction of sp³-hybridized carbons (Fsp3) is 0. The van der Waals surface area contributed by atoms with Gasteiger partial charge in [0.2, 0.25) is 0 Å². The lowest BCUT2D eigenvalue weighted by atomic mass is 10.2. The summed E-state index contributed by atoms with van der Waals surface area (Å²) < 4.78 is 14.4. The number of hydrogen-bond donors (Lipinski definition) is 1. The molecule has 0 aliphatic carbocycles. The number of amides is 1. The van der Waals surface area contributed by atoms with Gasteiger partial charge in [0, 0.05) is 15.7 Å². The summed E-state index contributed by atoms with van der Waals surface area (Å²) in [6, 6.07) is 7.76. The molecular weight excluding hydrogens is 414 g/mol. The molecule has 2 rings (SSSR count). The van der Waals surface area contributed by atoms with E-state index in [1.165, 1.54) is 24.3 Å². The first-order valence-electron chi connectivity index (χ1n) is 5.59. The van der Waals surface area contributed by atoms with Crippen LogP contribution in [0.25, 0.3) is 0 Å². The van der Waals surface area contributed by atoms with E-state index in [1.54, 1.807) is 6.07 Å².